The highest BCUT2D eigenvalue weighted by Gasteiger charge is 2.33. The van der Waals surface area contributed by atoms with Crippen molar-refractivity contribution in [2.24, 2.45) is 5.73 Å². The average Bonchev–Trinajstić information content (AvgIpc) is 3.09. The van der Waals surface area contributed by atoms with Crippen molar-refractivity contribution in [1.82, 2.24) is 9.56 Å². The highest BCUT2D eigenvalue weighted by atomic mass is 32.1. The molecule has 0 saturated heterocycles. The summed E-state index contributed by atoms with van der Waals surface area (Å²) < 4.78 is 12.2. The van der Waals surface area contributed by atoms with E-state index in [9.17, 15) is 50.0 Å². The van der Waals surface area contributed by atoms with Crippen LogP contribution >= 0.6 is 11.3 Å². The highest BCUT2D eigenvalue weighted by Crippen LogP contribution is 2.37. The first-order valence-electron chi connectivity index (χ1n) is 14.3. The highest BCUT2D eigenvalue weighted by molar-refractivity contribution is 7.21. The van der Waals surface area contributed by atoms with Gasteiger partial charge in [0.25, 0.3) is 11.4 Å². The van der Waals surface area contributed by atoms with E-state index in [1.54, 1.807) is 29.8 Å². The maximum Gasteiger partial charge on any atom is 0.423 e. The van der Waals surface area contributed by atoms with Crippen molar-refractivity contribution in [2.45, 2.75) is 6.54 Å². The molecule has 0 spiro atoms. The molecule has 2 N–H and O–H groups in total. The van der Waals surface area contributed by atoms with Gasteiger partial charge in [0.1, 0.15) is 7.05 Å². The van der Waals surface area contributed by atoms with E-state index in [0.29, 0.717) is 35.9 Å². The number of anilines is 1. The van der Waals surface area contributed by atoms with Crippen LogP contribution in [0.15, 0.2) is 66.7 Å². The molecule has 2 aliphatic rings. The van der Waals surface area contributed by atoms with Gasteiger partial charge in [-0.3, -0.25) is 40.5 Å². The van der Waals surface area contributed by atoms with Gasteiger partial charge in [-0.1, -0.05) is 0 Å². The third kappa shape index (κ3) is 7.53. The lowest BCUT2D eigenvalue weighted by Crippen LogP contribution is -2.28. The van der Waals surface area contributed by atoms with Gasteiger partial charge in [0.15, 0.2) is 6.54 Å². The Kier molecular flexibility index (Phi) is 9.86. The van der Waals surface area contributed by atoms with Gasteiger partial charge >= 0.3 is 23.3 Å². The van der Waals surface area contributed by atoms with Gasteiger partial charge < -0.3 is 20.1 Å². The second kappa shape index (κ2) is 14.2. The lowest BCUT2D eigenvalue weighted by molar-refractivity contribution is -0.395. The molecule has 0 aromatic heterocycles. The molecule has 260 valence electrons. The second-order valence-electron chi connectivity index (χ2n) is 10.7. The molecule has 1 aliphatic heterocycles. The van der Waals surface area contributed by atoms with Crippen LogP contribution < -0.4 is 30.0 Å². The number of nitro benzene ring substituents is 4. The van der Waals surface area contributed by atoms with Crippen LogP contribution in [0.25, 0.3) is 20.8 Å². The summed E-state index contributed by atoms with van der Waals surface area (Å²) in [5.41, 5.74) is 4.30. The predicted molar refractivity (Wildman–Crippen MR) is 179 cm³/mol. The minimum absolute atomic E-state index is 0.254. The number of rotatable bonds is 10. The third-order valence-electron chi connectivity index (χ3n) is 7.36. The Bertz CT molecular complexity index is 2340. The van der Waals surface area contributed by atoms with Crippen molar-refractivity contribution in [3.8, 4) is 22.1 Å². The number of hydrogen-bond acceptors (Lipinski definition) is 16. The Morgan fingerprint density at radius 3 is 2.12 bits per heavy atom. The van der Waals surface area contributed by atoms with Crippen molar-refractivity contribution in [3.05, 3.63) is 118 Å². The van der Waals surface area contributed by atoms with Crippen molar-refractivity contribution < 1.29 is 38.8 Å². The second-order valence-corrected chi connectivity index (χ2v) is 11.8. The molecule has 5 rings (SSSR count). The molecule has 21 heteroatoms. The number of non-ortho nitro benzene ring substituents is 2. The normalized spacial score (nSPS) is 11.5. The number of esters is 2. The molecular weight excluding hydrogens is 696 g/mol. The van der Waals surface area contributed by atoms with E-state index in [-0.39, 0.29) is 12.1 Å². The number of nitrogens with zero attached hydrogens (tertiary/aromatic N) is 7. The van der Waals surface area contributed by atoms with E-state index in [0.717, 1.165) is 32.9 Å². The van der Waals surface area contributed by atoms with Crippen molar-refractivity contribution in [2.75, 3.05) is 25.7 Å². The summed E-state index contributed by atoms with van der Waals surface area (Å²) in [7, 11) is 3.40. The van der Waals surface area contributed by atoms with Crippen LogP contribution in [-0.4, -0.2) is 57.4 Å². The van der Waals surface area contributed by atoms with E-state index >= 15 is 0 Å². The van der Waals surface area contributed by atoms with Gasteiger partial charge in [-0.25, -0.2) is 19.1 Å². The van der Waals surface area contributed by atoms with Gasteiger partial charge in [-0.15, -0.1) is 11.3 Å². The first-order valence-corrected chi connectivity index (χ1v) is 15.1. The largest absolute Gasteiger partial charge is 0.423 e. The molecule has 0 atom stereocenters. The number of ether oxygens (including phenoxy) is 2. The monoisotopic (exact) mass is 719 g/mol. The molecule has 0 fully saturated rings. The smallest absolute Gasteiger partial charge is 0.411 e. The van der Waals surface area contributed by atoms with E-state index in [2.05, 4.69) is 0 Å². The molecule has 0 saturated carbocycles. The quantitative estimate of drug-likeness (QED) is 0.0316. The molecule has 0 bridgehead atoms. The Morgan fingerprint density at radius 1 is 0.804 bits per heavy atom. The zero-order valence-electron chi connectivity index (χ0n) is 26.3. The minimum atomic E-state index is -1.88. The standard InChI is InChI=1S/C30H23N8O12S/c1-33(17-3-6-21-26(12-17)51-27-13-18(34(2)15-31)4-7-22(27)32-21)14-16-9-20(36(43)44)11-24(38(47)48)28(16)50-30(40)29(39)49-25-8-5-19(35(41)42)10-23(25)37(45)46/h3-13H,14-15,31H2,1-2H3/q+1. The lowest BCUT2D eigenvalue weighted by Gasteiger charge is -2.17. The first-order chi connectivity index (χ1) is 24.2. The number of aromatic nitrogens is 1. The first kappa shape index (κ1) is 35.3. The Morgan fingerprint density at radius 2 is 1.47 bits per heavy atom. The number of nitro groups is 4. The van der Waals surface area contributed by atoms with Crippen LogP contribution in [0.1, 0.15) is 5.56 Å². The van der Waals surface area contributed by atoms with E-state index < -0.39 is 65.9 Å². The molecule has 0 radical (unpaired) electrons. The maximum absolute atomic E-state index is 12.9. The zero-order valence-corrected chi connectivity index (χ0v) is 27.1. The summed E-state index contributed by atoms with van der Waals surface area (Å²) in [5, 5.41) is 46.7. The number of benzene rings is 4. The summed E-state index contributed by atoms with van der Waals surface area (Å²) in [5.74, 6) is -5.44. The molecule has 20 nitrogen and oxygen atoms in total. The van der Waals surface area contributed by atoms with Crippen LogP contribution in [0.4, 0.5) is 28.4 Å². The predicted octanol–water partition coefficient (Wildman–Crippen LogP) is 3.50. The van der Waals surface area contributed by atoms with Gasteiger partial charge in [-0.05, 0) is 30.3 Å². The van der Waals surface area contributed by atoms with Gasteiger partial charge in [0.2, 0.25) is 16.9 Å². The number of nitrogens with two attached hydrogens (primary N) is 1. The van der Waals surface area contributed by atoms with Crippen LogP contribution in [0, 0.1) is 40.5 Å². The SMILES string of the molecule is CN(CN)c1ccc2nc3ccc(=[N+](C)Cc4cc([N+](=O)[O-])cc([N+](=O)[O-])c4OC(=O)C(=O)Oc4ccc([N+](=O)[O-])cc4[N+](=O)[O-])cc-3sc2c1. The van der Waals surface area contributed by atoms with Crippen LogP contribution in [-0.2, 0) is 16.1 Å². The Hall–Kier alpha value is -7.00. The van der Waals surface area contributed by atoms with Crippen LogP contribution in [0.5, 0.6) is 11.5 Å². The van der Waals surface area contributed by atoms with E-state index in [4.69, 9.17) is 20.2 Å². The van der Waals surface area contributed by atoms with Crippen molar-refractivity contribution in [1.29, 1.82) is 0 Å². The molecule has 1 heterocycles. The Labute approximate surface area is 288 Å². The lowest BCUT2D eigenvalue weighted by atomic mass is 10.1. The van der Waals surface area contributed by atoms with Crippen LogP contribution in [0.3, 0.4) is 0 Å². The maximum atomic E-state index is 12.9. The molecule has 0 unspecified atom stereocenters. The fourth-order valence-corrected chi connectivity index (χ4v) is 5.82. The molecule has 3 aromatic carbocycles. The van der Waals surface area contributed by atoms with Crippen molar-refractivity contribution >= 4 is 61.9 Å². The van der Waals surface area contributed by atoms with E-state index in [1.165, 1.54) is 11.3 Å². The molecule has 51 heavy (non-hydrogen) atoms. The minimum Gasteiger partial charge on any atom is -0.411 e. The number of hydrogen-bond donors (Lipinski definition) is 1. The average molecular weight is 720 g/mol. The summed E-state index contributed by atoms with van der Waals surface area (Å²) in [4.78, 5) is 75.0. The van der Waals surface area contributed by atoms with Crippen LogP contribution in [0.2, 0.25) is 0 Å². The zero-order chi connectivity index (χ0) is 37.1. The molecule has 1 aliphatic carbocycles. The molecule has 3 aromatic rings. The third-order valence-corrected chi connectivity index (χ3v) is 8.46. The number of carbonyl (C=O) groups excluding carboxylic acids is 2. The van der Waals surface area contributed by atoms with Gasteiger partial charge in [0.05, 0.1) is 64.8 Å². The summed E-state index contributed by atoms with van der Waals surface area (Å²) >= 11 is 1.43. The summed E-state index contributed by atoms with van der Waals surface area (Å²) in [6.07, 6.45) is 0. The topological polar surface area (TPSA) is 270 Å². The molecular formula is C30H23N8O12S+. The van der Waals surface area contributed by atoms with Gasteiger partial charge in [0, 0.05) is 37.0 Å². The van der Waals surface area contributed by atoms with E-state index in [1.807, 2.05) is 30.1 Å². The summed E-state index contributed by atoms with van der Waals surface area (Å²) in [6.45, 7) is -0.0284. The molecule has 0 amide bonds. The summed E-state index contributed by atoms with van der Waals surface area (Å²) in [6, 6.07) is 14.3. The number of fused-ring (bicyclic) bond motifs is 2. The van der Waals surface area contributed by atoms with Crippen molar-refractivity contribution in [3.63, 3.8) is 0 Å². The number of carbonyl (C=O) groups is 2. The van der Waals surface area contributed by atoms with Gasteiger partial charge in [-0.2, -0.15) is 0 Å². The fourth-order valence-electron chi connectivity index (χ4n) is 4.79. The fraction of sp³-hybridized carbons (Fsp3) is 0.133. The Balaban J connectivity index is 1.53.